The van der Waals surface area contributed by atoms with Crippen molar-refractivity contribution >= 4 is 11.6 Å². The lowest BCUT2D eigenvalue weighted by Gasteiger charge is -2.22. The largest absolute Gasteiger partial charge is 0.399 e. The van der Waals surface area contributed by atoms with E-state index in [1.807, 2.05) is 43.0 Å². The fourth-order valence-corrected chi connectivity index (χ4v) is 1.99. The van der Waals surface area contributed by atoms with Gasteiger partial charge in [-0.3, -0.25) is 4.79 Å². The maximum Gasteiger partial charge on any atom is 0.223 e. The molecular weight excluding hydrogens is 240 g/mol. The second kappa shape index (κ2) is 7.79. The molecule has 0 aliphatic carbocycles. The number of carbonyl (C=O) groups excluding carboxylic acids is 1. The number of hydrogen-bond acceptors (Lipinski definition) is 3. The first-order valence-corrected chi connectivity index (χ1v) is 6.68. The molecule has 1 rings (SSSR count). The second-order valence-corrected chi connectivity index (χ2v) is 4.91. The molecule has 0 radical (unpaired) electrons. The van der Waals surface area contributed by atoms with E-state index in [0.29, 0.717) is 26.1 Å². The molecule has 0 fully saturated rings. The third-order valence-corrected chi connectivity index (χ3v) is 3.06. The van der Waals surface area contributed by atoms with Crippen LogP contribution in [0.3, 0.4) is 0 Å². The summed E-state index contributed by atoms with van der Waals surface area (Å²) < 4.78 is 5.06. The van der Waals surface area contributed by atoms with Crippen molar-refractivity contribution in [3.63, 3.8) is 0 Å². The molecule has 1 amide bonds. The summed E-state index contributed by atoms with van der Waals surface area (Å²) in [5.41, 5.74) is 7.50. The summed E-state index contributed by atoms with van der Waals surface area (Å²) in [5.74, 6) is 0.418. The number of anilines is 1. The number of nitrogen functional groups attached to an aromatic ring is 1. The molecule has 2 N–H and O–H groups in total. The first kappa shape index (κ1) is 15.5. The van der Waals surface area contributed by atoms with Crippen molar-refractivity contribution in [1.82, 2.24) is 4.90 Å². The summed E-state index contributed by atoms with van der Waals surface area (Å²) in [6, 6.07) is 7.65. The minimum absolute atomic E-state index is 0.170. The number of amides is 1. The Kier molecular flexibility index (Phi) is 6.36. The van der Waals surface area contributed by atoms with Crippen molar-refractivity contribution in [2.45, 2.75) is 26.8 Å². The summed E-state index contributed by atoms with van der Waals surface area (Å²) in [6.45, 7) is 5.98. The maximum absolute atomic E-state index is 12.2. The standard InChI is InChI=1S/C15H24N2O2/c1-4-17(15(18)9-12(2)11-19-3)10-13-5-7-14(16)8-6-13/h5-8,12H,4,9-11,16H2,1-3H3. The minimum Gasteiger partial charge on any atom is -0.399 e. The van der Waals surface area contributed by atoms with E-state index < -0.39 is 0 Å². The Bertz CT molecular complexity index is 390. The van der Waals surface area contributed by atoms with Crippen molar-refractivity contribution in [3.05, 3.63) is 29.8 Å². The SMILES string of the molecule is CCN(Cc1ccc(N)cc1)C(=O)CC(C)COC. The van der Waals surface area contributed by atoms with E-state index in [0.717, 1.165) is 11.3 Å². The Morgan fingerprint density at radius 1 is 1.37 bits per heavy atom. The maximum atomic E-state index is 12.2. The smallest absolute Gasteiger partial charge is 0.223 e. The summed E-state index contributed by atoms with van der Waals surface area (Å²) >= 11 is 0. The Morgan fingerprint density at radius 3 is 2.53 bits per heavy atom. The van der Waals surface area contributed by atoms with Crippen LogP contribution in [0, 0.1) is 5.92 Å². The van der Waals surface area contributed by atoms with Crippen molar-refractivity contribution in [2.24, 2.45) is 5.92 Å². The molecule has 1 unspecified atom stereocenters. The highest BCUT2D eigenvalue weighted by Gasteiger charge is 2.15. The lowest BCUT2D eigenvalue weighted by atomic mass is 10.1. The summed E-state index contributed by atoms with van der Waals surface area (Å²) in [5, 5.41) is 0. The van der Waals surface area contributed by atoms with E-state index in [4.69, 9.17) is 10.5 Å². The molecule has 0 aliphatic rings. The highest BCUT2D eigenvalue weighted by Crippen LogP contribution is 2.11. The number of hydrogen-bond donors (Lipinski definition) is 1. The van der Waals surface area contributed by atoms with Crippen molar-refractivity contribution < 1.29 is 9.53 Å². The van der Waals surface area contributed by atoms with E-state index in [1.165, 1.54) is 0 Å². The van der Waals surface area contributed by atoms with Gasteiger partial charge in [0.15, 0.2) is 0 Å². The van der Waals surface area contributed by atoms with Gasteiger partial charge in [0.2, 0.25) is 5.91 Å². The van der Waals surface area contributed by atoms with Gasteiger partial charge < -0.3 is 15.4 Å². The second-order valence-electron chi connectivity index (χ2n) is 4.91. The van der Waals surface area contributed by atoms with Crippen LogP contribution >= 0.6 is 0 Å². The van der Waals surface area contributed by atoms with Crippen molar-refractivity contribution in [2.75, 3.05) is 26.0 Å². The monoisotopic (exact) mass is 264 g/mol. The van der Waals surface area contributed by atoms with Crippen molar-refractivity contribution in [3.8, 4) is 0 Å². The number of nitrogens with two attached hydrogens (primary N) is 1. The number of carbonyl (C=O) groups is 1. The number of rotatable bonds is 7. The molecular formula is C15H24N2O2. The predicted octanol–water partition coefficient (Wildman–Crippen LogP) is 2.29. The van der Waals surface area contributed by atoms with Crippen LogP contribution in [0.4, 0.5) is 5.69 Å². The normalized spacial score (nSPS) is 12.2. The third-order valence-electron chi connectivity index (χ3n) is 3.06. The van der Waals surface area contributed by atoms with Crippen LogP contribution in [0.5, 0.6) is 0 Å². The topological polar surface area (TPSA) is 55.6 Å². The van der Waals surface area contributed by atoms with Crippen LogP contribution in [0.15, 0.2) is 24.3 Å². The van der Waals surface area contributed by atoms with Crippen LogP contribution in [0.2, 0.25) is 0 Å². The van der Waals surface area contributed by atoms with Crippen LogP contribution in [-0.2, 0) is 16.1 Å². The molecule has 106 valence electrons. The number of benzene rings is 1. The molecule has 0 aliphatic heterocycles. The molecule has 1 aromatic rings. The molecule has 0 saturated carbocycles. The van der Waals surface area contributed by atoms with Gasteiger partial charge in [-0.05, 0) is 30.5 Å². The minimum atomic E-state index is 0.170. The van der Waals surface area contributed by atoms with Gasteiger partial charge >= 0.3 is 0 Å². The van der Waals surface area contributed by atoms with E-state index in [1.54, 1.807) is 7.11 Å². The molecule has 0 bridgehead atoms. The zero-order valence-electron chi connectivity index (χ0n) is 12.1. The molecule has 1 atom stereocenters. The van der Waals surface area contributed by atoms with Gasteiger partial charge in [-0.2, -0.15) is 0 Å². The number of ether oxygens (including phenoxy) is 1. The Labute approximate surface area is 115 Å². The predicted molar refractivity (Wildman–Crippen MR) is 77.6 cm³/mol. The fourth-order valence-electron chi connectivity index (χ4n) is 1.99. The van der Waals surface area contributed by atoms with Crippen molar-refractivity contribution in [1.29, 1.82) is 0 Å². The highest BCUT2D eigenvalue weighted by atomic mass is 16.5. The summed E-state index contributed by atoms with van der Waals surface area (Å²) in [6.07, 6.45) is 0.524. The molecule has 0 aromatic heterocycles. The Hall–Kier alpha value is -1.55. The van der Waals surface area contributed by atoms with Gasteiger partial charge in [-0.25, -0.2) is 0 Å². The summed E-state index contributed by atoms with van der Waals surface area (Å²) in [4.78, 5) is 14.0. The zero-order valence-corrected chi connectivity index (χ0v) is 12.1. The van der Waals surface area contributed by atoms with Crippen LogP contribution < -0.4 is 5.73 Å². The summed E-state index contributed by atoms with van der Waals surface area (Å²) in [7, 11) is 1.66. The van der Waals surface area contributed by atoms with Crippen LogP contribution in [0.1, 0.15) is 25.8 Å². The molecule has 0 heterocycles. The van der Waals surface area contributed by atoms with Gasteiger partial charge in [-0.15, -0.1) is 0 Å². The molecule has 0 saturated heterocycles. The van der Waals surface area contributed by atoms with Crippen LogP contribution in [0.25, 0.3) is 0 Å². The highest BCUT2D eigenvalue weighted by molar-refractivity contribution is 5.76. The molecule has 19 heavy (non-hydrogen) atoms. The van der Waals surface area contributed by atoms with Gasteiger partial charge in [0.05, 0.1) is 0 Å². The Balaban J connectivity index is 2.57. The van der Waals surface area contributed by atoms with E-state index in [2.05, 4.69) is 0 Å². The van der Waals surface area contributed by atoms with Crippen LogP contribution in [-0.4, -0.2) is 31.1 Å². The average molecular weight is 264 g/mol. The van der Waals surface area contributed by atoms with Gasteiger partial charge in [-0.1, -0.05) is 19.1 Å². The first-order chi connectivity index (χ1) is 9.06. The quantitative estimate of drug-likeness (QED) is 0.769. The third kappa shape index (κ3) is 5.30. The van der Waals surface area contributed by atoms with Gasteiger partial charge in [0.1, 0.15) is 0 Å². The molecule has 0 spiro atoms. The molecule has 1 aromatic carbocycles. The van der Waals surface area contributed by atoms with E-state index in [9.17, 15) is 4.79 Å². The molecule has 4 nitrogen and oxygen atoms in total. The zero-order chi connectivity index (χ0) is 14.3. The van der Waals surface area contributed by atoms with Gasteiger partial charge in [0, 0.05) is 38.9 Å². The van der Waals surface area contributed by atoms with Gasteiger partial charge in [0.25, 0.3) is 0 Å². The Morgan fingerprint density at radius 2 is 2.00 bits per heavy atom. The average Bonchev–Trinajstić information content (AvgIpc) is 2.38. The lowest BCUT2D eigenvalue weighted by Crippen LogP contribution is -2.31. The van der Waals surface area contributed by atoms with E-state index in [-0.39, 0.29) is 11.8 Å². The molecule has 4 heteroatoms. The first-order valence-electron chi connectivity index (χ1n) is 6.68. The number of nitrogens with zero attached hydrogens (tertiary/aromatic N) is 1. The number of methoxy groups -OCH3 is 1. The lowest BCUT2D eigenvalue weighted by molar-refractivity contribution is -0.132. The fraction of sp³-hybridized carbons (Fsp3) is 0.533. The van der Waals surface area contributed by atoms with E-state index >= 15 is 0 Å².